The van der Waals surface area contributed by atoms with Crippen molar-refractivity contribution in [1.29, 1.82) is 0 Å². The van der Waals surface area contributed by atoms with Crippen molar-refractivity contribution in [1.82, 2.24) is 4.90 Å². The number of likely N-dealkylation sites (tertiary alicyclic amines) is 1. The number of piperidine rings is 1. The first kappa shape index (κ1) is 12.0. The van der Waals surface area contributed by atoms with Gasteiger partial charge >= 0.3 is 0 Å². The van der Waals surface area contributed by atoms with Crippen molar-refractivity contribution in [3.05, 3.63) is 35.9 Å². The second kappa shape index (κ2) is 4.63. The first-order chi connectivity index (χ1) is 9.37. The summed E-state index contributed by atoms with van der Waals surface area (Å²) < 4.78 is 0. The van der Waals surface area contributed by atoms with Crippen LogP contribution < -0.4 is 0 Å². The van der Waals surface area contributed by atoms with E-state index in [1.807, 2.05) is 0 Å². The van der Waals surface area contributed by atoms with Crippen LogP contribution >= 0.6 is 0 Å². The molecule has 1 aromatic carbocycles. The summed E-state index contributed by atoms with van der Waals surface area (Å²) in [5.74, 6) is 1.96. The van der Waals surface area contributed by atoms with Gasteiger partial charge < -0.3 is 4.90 Å². The third kappa shape index (κ3) is 2.12. The largest absolute Gasteiger partial charge is 0.302 e. The molecule has 19 heavy (non-hydrogen) atoms. The first-order valence-electron chi connectivity index (χ1n) is 8.15. The SMILES string of the molecule is c1ccc([C@@]23C[C@@H]2CN(CC2CCCCC2)C3)cc1. The van der Waals surface area contributed by atoms with Crippen LogP contribution in [0.15, 0.2) is 30.3 Å². The van der Waals surface area contributed by atoms with Gasteiger partial charge in [0.15, 0.2) is 0 Å². The maximum Gasteiger partial charge on any atom is 0.0124 e. The van der Waals surface area contributed by atoms with Crippen molar-refractivity contribution in [3.8, 4) is 0 Å². The molecule has 2 atom stereocenters. The minimum atomic E-state index is 0.552. The Bertz CT molecular complexity index is 434. The molecule has 1 nitrogen and oxygen atoms in total. The Hall–Kier alpha value is -0.820. The van der Waals surface area contributed by atoms with Crippen LogP contribution in [0.25, 0.3) is 0 Å². The van der Waals surface area contributed by atoms with E-state index in [4.69, 9.17) is 0 Å². The van der Waals surface area contributed by atoms with Crippen molar-refractivity contribution in [2.24, 2.45) is 11.8 Å². The molecular weight excluding hydrogens is 230 g/mol. The fraction of sp³-hybridized carbons (Fsp3) is 0.667. The van der Waals surface area contributed by atoms with Gasteiger partial charge in [0.25, 0.3) is 0 Å². The van der Waals surface area contributed by atoms with E-state index in [1.54, 1.807) is 5.56 Å². The highest BCUT2D eigenvalue weighted by atomic mass is 15.2. The van der Waals surface area contributed by atoms with E-state index in [-0.39, 0.29) is 0 Å². The lowest BCUT2D eigenvalue weighted by Gasteiger charge is -2.28. The summed E-state index contributed by atoms with van der Waals surface area (Å²) in [7, 11) is 0. The first-order valence-corrected chi connectivity index (χ1v) is 8.15. The summed E-state index contributed by atoms with van der Waals surface area (Å²) in [6, 6.07) is 11.3. The Balaban J connectivity index is 1.41. The maximum atomic E-state index is 2.77. The quantitative estimate of drug-likeness (QED) is 0.793. The molecule has 0 unspecified atom stereocenters. The molecule has 102 valence electrons. The number of hydrogen-bond acceptors (Lipinski definition) is 1. The Morgan fingerprint density at radius 2 is 1.84 bits per heavy atom. The highest BCUT2D eigenvalue weighted by Gasteiger charge is 2.60. The van der Waals surface area contributed by atoms with Crippen LogP contribution in [0.1, 0.15) is 44.1 Å². The zero-order valence-electron chi connectivity index (χ0n) is 11.9. The fourth-order valence-corrected chi connectivity index (χ4v) is 4.68. The molecule has 4 rings (SSSR count). The molecule has 0 radical (unpaired) electrons. The van der Waals surface area contributed by atoms with Gasteiger partial charge in [-0.05, 0) is 36.7 Å². The molecule has 1 saturated heterocycles. The Morgan fingerprint density at radius 1 is 1.05 bits per heavy atom. The molecule has 1 aliphatic heterocycles. The molecular formula is C18H25N. The Labute approximate surface area is 117 Å². The number of hydrogen-bond donors (Lipinski definition) is 0. The van der Waals surface area contributed by atoms with Crippen LogP contribution in [0.2, 0.25) is 0 Å². The lowest BCUT2D eigenvalue weighted by molar-refractivity contribution is 0.214. The van der Waals surface area contributed by atoms with Crippen LogP contribution in [0, 0.1) is 11.8 Å². The average Bonchev–Trinajstić information content (AvgIpc) is 3.04. The van der Waals surface area contributed by atoms with E-state index >= 15 is 0 Å². The van der Waals surface area contributed by atoms with E-state index < -0.39 is 0 Å². The highest BCUT2D eigenvalue weighted by Crippen LogP contribution is 2.59. The molecule has 1 heteroatoms. The van der Waals surface area contributed by atoms with E-state index in [0.717, 1.165) is 11.8 Å². The molecule has 0 N–H and O–H groups in total. The van der Waals surface area contributed by atoms with Crippen molar-refractivity contribution < 1.29 is 0 Å². The Kier molecular flexibility index (Phi) is 2.91. The van der Waals surface area contributed by atoms with Gasteiger partial charge in [-0.15, -0.1) is 0 Å². The smallest absolute Gasteiger partial charge is 0.0124 e. The summed E-state index contributed by atoms with van der Waals surface area (Å²) in [6.45, 7) is 4.08. The van der Waals surface area contributed by atoms with Crippen LogP contribution in [-0.2, 0) is 5.41 Å². The predicted molar refractivity (Wildman–Crippen MR) is 79.2 cm³/mol. The molecule has 0 amide bonds. The second-order valence-electron chi connectivity index (χ2n) is 7.12. The van der Waals surface area contributed by atoms with Crippen LogP contribution in [0.4, 0.5) is 0 Å². The van der Waals surface area contributed by atoms with Crippen LogP contribution in [0.5, 0.6) is 0 Å². The molecule has 0 aromatic heterocycles. The van der Waals surface area contributed by atoms with Crippen LogP contribution in [-0.4, -0.2) is 24.5 Å². The molecule has 0 spiro atoms. The highest BCUT2D eigenvalue weighted by molar-refractivity contribution is 5.36. The molecule has 3 fully saturated rings. The predicted octanol–water partition coefficient (Wildman–Crippen LogP) is 3.84. The van der Waals surface area contributed by atoms with Crippen LogP contribution in [0.3, 0.4) is 0 Å². The zero-order chi connectivity index (χ0) is 12.7. The van der Waals surface area contributed by atoms with Gasteiger partial charge in [-0.1, -0.05) is 49.6 Å². The average molecular weight is 255 g/mol. The van der Waals surface area contributed by atoms with Crippen molar-refractivity contribution in [2.75, 3.05) is 19.6 Å². The number of fused-ring (bicyclic) bond motifs is 1. The summed E-state index contributed by atoms with van der Waals surface area (Å²) >= 11 is 0. The summed E-state index contributed by atoms with van der Waals surface area (Å²) in [6.07, 6.45) is 8.85. The van der Waals surface area contributed by atoms with Gasteiger partial charge in [-0.25, -0.2) is 0 Å². The lowest BCUT2D eigenvalue weighted by Crippen LogP contribution is -2.32. The number of rotatable bonds is 3. The standard InChI is InChI=1S/C18H25N/c1-3-7-15(8-4-1)12-19-13-17-11-18(17,14-19)16-9-5-2-6-10-16/h2,5-6,9-10,15,17H,1,3-4,7-8,11-14H2/t17-,18+/m1/s1. The van der Waals surface area contributed by atoms with Crippen molar-refractivity contribution >= 4 is 0 Å². The lowest BCUT2D eigenvalue weighted by atomic mass is 9.88. The number of nitrogens with zero attached hydrogens (tertiary/aromatic N) is 1. The number of benzene rings is 1. The van der Waals surface area contributed by atoms with E-state index in [1.165, 1.54) is 58.2 Å². The van der Waals surface area contributed by atoms with E-state index in [9.17, 15) is 0 Å². The van der Waals surface area contributed by atoms with Gasteiger partial charge in [0.2, 0.25) is 0 Å². The molecule has 2 aliphatic carbocycles. The van der Waals surface area contributed by atoms with Gasteiger partial charge in [0, 0.05) is 25.0 Å². The summed E-state index contributed by atoms with van der Waals surface area (Å²) in [4.78, 5) is 2.77. The molecule has 3 aliphatic rings. The summed E-state index contributed by atoms with van der Waals surface area (Å²) in [5, 5.41) is 0. The van der Waals surface area contributed by atoms with Gasteiger partial charge in [0.05, 0.1) is 0 Å². The van der Waals surface area contributed by atoms with Gasteiger partial charge in [-0.3, -0.25) is 0 Å². The zero-order valence-corrected chi connectivity index (χ0v) is 11.9. The van der Waals surface area contributed by atoms with Gasteiger partial charge in [0.1, 0.15) is 0 Å². The Morgan fingerprint density at radius 3 is 2.63 bits per heavy atom. The van der Waals surface area contributed by atoms with E-state index in [0.29, 0.717) is 5.41 Å². The molecule has 1 aromatic rings. The topological polar surface area (TPSA) is 3.24 Å². The normalized spacial score (nSPS) is 35.3. The minimum Gasteiger partial charge on any atom is -0.302 e. The van der Waals surface area contributed by atoms with Gasteiger partial charge in [-0.2, -0.15) is 0 Å². The van der Waals surface area contributed by atoms with Crippen molar-refractivity contribution in [3.63, 3.8) is 0 Å². The fourth-order valence-electron chi connectivity index (χ4n) is 4.68. The maximum absolute atomic E-state index is 2.77. The summed E-state index contributed by atoms with van der Waals surface area (Å²) in [5.41, 5.74) is 2.15. The molecule has 1 heterocycles. The second-order valence-corrected chi connectivity index (χ2v) is 7.12. The third-order valence-corrected chi connectivity index (χ3v) is 5.81. The van der Waals surface area contributed by atoms with Crippen molar-refractivity contribution in [2.45, 2.75) is 43.9 Å². The molecule has 2 saturated carbocycles. The monoisotopic (exact) mass is 255 g/mol. The minimum absolute atomic E-state index is 0.552. The third-order valence-electron chi connectivity index (χ3n) is 5.81. The van der Waals surface area contributed by atoms with E-state index in [2.05, 4.69) is 35.2 Å². The molecule has 0 bridgehead atoms.